The highest BCUT2D eigenvalue weighted by molar-refractivity contribution is 5.83. The Kier molecular flexibility index (Phi) is 3.77. The number of rotatable bonds is 5. The smallest absolute Gasteiger partial charge is 0.336 e. The minimum absolute atomic E-state index is 0.278. The molecule has 0 bridgehead atoms. The summed E-state index contributed by atoms with van der Waals surface area (Å²) in [4.78, 5) is 14.4. The van der Waals surface area contributed by atoms with Crippen molar-refractivity contribution in [3.05, 3.63) is 69.5 Å². The zero-order valence-electron chi connectivity index (χ0n) is 14.0. The van der Waals surface area contributed by atoms with E-state index in [1.54, 1.807) is 12.3 Å². The Morgan fingerprint density at radius 2 is 2.00 bits per heavy atom. The SMILES string of the molecule is Cc1ccc2c(CN(Cc3ccco3)C3CC3)cc(=O)oc2c1C. The summed E-state index contributed by atoms with van der Waals surface area (Å²) in [6.07, 6.45) is 4.12. The van der Waals surface area contributed by atoms with E-state index in [1.807, 2.05) is 26.0 Å². The fourth-order valence-corrected chi connectivity index (χ4v) is 3.23. The van der Waals surface area contributed by atoms with Gasteiger partial charge in [-0.05, 0) is 55.5 Å². The number of hydrogen-bond donors (Lipinski definition) is 0. The van der Waals surface area contributed by atoms with E-state index in [0.717, 1.165) is 40.9 Å². The largest absolute Gasteiger partial charge is 0.468 e. The highest BCUT2D eigenvalue weighted by atomic mass is 16.4. The molecule has 0 atom stereocenters. The van der Waals surface area contributed by atoms with Gasteiger partial charge in [-0.15, -0.1) is 0 Å². The molecule has 1 aromatic carbocycles. The Balaban J connectivity index is 1.72. The van der Waals surface area contributed by atoms with Gasteiger partial charge >= 0.3 is 5.63 Å². The second-order valence-electron chi connectivity index (χ2n) is 6.69. The van der Waals surface area contributed by atoms with E-state index in [0.29, 0.717) is 11.6 Å². The lowest BCUT2D eigenvalue weighted by Gasteiger charge is -2.21. The summed E-state index contributed by atoms with van der Waals surface area (Å²) in [5.74, 6) is 0.959. The van der Waals surface area contributed by atoms with Crippen molar-refractivity contribution in [2.24, 2.45) is 0 Å². The van der Waals surface area contributed by atoms with Crippen LogP contribution in [-0.4, -0.2) is 10.9 Å². The highest BCUT2D eigenvalue weighted by Gasteiger charge is 2.30. The molecule has 124 valence electrons. The molecule has 0 N–H and O–H groups in total. The lowest BCUT2D eigenvalue weighted by atomic mass is 10.0. The third kappa shape index (κ3) is 2.89. The maximum Gasteiger partial charge on any atom is 0.336 e. The molecule has 24 heavy (non-hydrogen) atoms. The van der Waals surface area contributed by atoms with E-state index in [1.165, 1.54) is 12.8 Å². The van der Waals surface area contributed by atoms with E-state index in [-0.39, 0.29) is 5.63 Å². The van der Waals surface area contributed by atoms with Crippen molar-refractivity contribution < 1.29 is 8.83 Å². The minimum Gasteiger partial charge on any atom is -0.468 e. The first kappa shape index (κ1) is 15.2. The number of fused-ring (bicyclic) bond motifs is 1. The predicted octanol–water partition coefficient (Wildman–Crippen LogP) is 4.17. The summed E-state index contributed by atoms with van der Waals surface area (Å²) in [7, 11) is 0. The van der Waals surface area contributed by atoms with Crippen molar-refractivity contribution in [3.63, 3.8) is 0 Å². The molecule has 2 aromatic heterocycles. The van der Waals surface area contributed by atoms with Crippen LogP contribution in [0.25, 0.3) is 11.0 Å². The zero-order chi connectivity index (χ0) is 16.7. The van der Waals surface area contributed by atoms with Gasteiger partial charge in [-0.25, -0.2) is 4.79 Å². The molecule has 2 heterocycles. The zero-order valence-corrected chi connectivity index (χ0v) is 14.0. The van der Waals surface area contributed by atoms with Gasteiger partial charge in [0, 0.05) is 24.0 Å². The second kappa shape index (κ2) is 5.95. The van der Waals surface area contributed by atoms with Crippen LogP contribution in [0.15, 0.2) is 50.2 Å². The molecular formula is C20H21NO3. The Labute approximate surface area is 140 Å². The molecule has 0 saturated heterocycles. The quantitative estimate of drug-likeness (QED) is 0.661. The van der Waals surface area contributed by atoms with Crippen LogP contribution in [0.1, 0.15) is 35.3 Å². The predicted molar refractivity (Wildman–Crippen MR) is 92.9 cm³/mol. The van der Waals surface area contributed by atoms with Crippen LogP contribution < -0.4 is 5.63 Å². The number of hydrogen-bond acceptors (Lipinski definition) is 4. The summed E-state index contributed by atoms with van der Waals surface area (Å²) in [5.41, 5.74) is 3.64. The maximum atomic E-state index is 12.0. The Bertz CT molecular complexity index is 920. The molecule has 0 aliphatic heterocycles. The molecule has 3 aromatic rings. The van der Waals surface area contributed by atoms with E-state index in [4.69, 9.17) is 8.83 Å². The van der Waals surface area contributed by atoms with E-state index in [2.05, 4.69) is 17.0 Å². The molecule has 4 rings (SSSR count). The number of nitrogens with zero attached hydrogens (tertiary/aromatic N) is 1. The molecular weight excluding hydrogens is 302 g/mol. The van der Waals surface area contributed by atoms with Gasteiger partial charge in [0.2, 0.25) is 0 Å². The number of benzene rings is 1. The summed E-state index contributed by atoms with van der Waals surface area (Å²) in [6, 6.07) is 10.3. The molecule has 1 aliphatic carbocycles. The normalized spacial score (nSPS) is 14.6. The van der Waals surface area contributed by atoms with Crippen molar-refractivity contribution in [1.82, 2.24) is 4.90 Å². The molecule has 1 saturated carbocycles. The van der Waals surface area contributed by atoms with Gasteiger partial charge in [-0.3, -0.25) is 4.90 Å². The molecule has 0 radical (unpaired) electrons. The molecule has 1 aliphatic rings. The van der Waals surface area contributed by atoms with Gasteiger partial charge in [0.25, 0.3) is 0 Å². The van der Waals surface area contributed by atoms with Crippen LogP contribution in [0.5, 0.6) is 0 Å². The van der Waals surface area contributed by atoms with Crippen molar-refractivity contribution in [2.75, 3.05) is 0 Å². The van der Waals surface area contributed by atoms with Gasteiger partial charge in [0.15, 0.2) is 0 Å². The van der Waals surface area contributed by atoms with Gasteiger partial charge in [-0.2, -0.15) is 0 Å². The van der Waals surface area contributed by atoms with Crippen LogP contribution in [0, 0.1) is 13.8 Å². The van der Waals surface area contributed by atoms with Crippen molar-refractivity contribution in [1.29, 1.82) is 0 Å². The summed E-state index contributed by atoms with van der Waals surface area (Å²) < 4.78 is 11.0. The second-order valence-corrected chi connectivity index (χ2v) is 6.69. The monoisotopic (exact) mass is 323 g/mol. The first-order valence-corrected chi connectivity index (χ1v) is 8.41. The molecule has 0 unspecified atom stereocenters. The summed E-state index contributed by atoms with van der Waals surface area (Å²) >= 11 is 0. The van der Waals surface area contributed by atoms with Crippen LogP contribution in [0.3, 0.4) is 0 Å². The lowest BCUT2D eigenvalue weighted by molar-refractivity contribution is 0.225. The van der Waals surface area contributed by atoms with Gasteiger partial charge in [-0.1, -0.05) is 12.1 Å². The standard InChI is InChI=1S/C20H21NO3/c1-13-5-8-18-15(10-19(22)24-20(18)14(13)2)11-21(16-6-7-16)12-17-4-3-9-23-17/h3-5,8-10,16H,6-7,11-12H2,1-2H3. The first-order chi connectivity index (χ1) is 11.6. The fraction of sp³-hybridized carbons (Fsp3) is 0.350. The van der Waals surface area contributed by atoms with Crippen LogP contribution in [0.4, 0.5) is 0 Å². The summed E-state index contributed by atoms with van der Waals surface area (Å²) in [5, 5.41) is 1.03. The molecule has 4 nitrogen and oxygen atoms in total. The van der Waals surface area contributed by atoms with Gasteiger partial charge < -0.3 is 8.83 Å². The van der Waals surface area contributed by atoms with Crippen LogP contribution in [0.2, 0.25) is 0 Å². The average molecular weight is 323 g/mol. The average Bonchev–Trinajstić information content (AvgIpc) is 3.28. The molecule has 4 heteroatoms. The number of furan rings is 1. The Morgan fingerprint density at radius 3 is 2.71 bits per heavy atom. The third-order valence-corrected chi connectivity index (χ3v) is 4.89. The Morgan fingerprint density at radius 1 is 1.17 bits per heavy atom. The van der Waals surface area contributed by atoms with Crippen molar-refractivity contribution in [3.8, 4) is 0 Å². The first-order valence-electron chi connectivity index (χ1n) is 8.41. The Hall–Kier alpha value is -2.33. The van der Waals surface area contributed by atoms with Crippen molar-refractivity contribution >= 4 is 11.0 Å². The molecule has 0 amide bonds. The van der Waals surface area contributed by atoms with Crippen LogP contribution in [-0.2, 0) is 13.1 Å². The van der Waals surface area contributed by atoms with E-state index >= 15 is 0 Å². The van der Waals surface area contributed by atoms with Gasteiger partial charge in [0.05, 0.1) is 12.8 Å². The van der Waals surface area contributed by atoms with E-state index < -0.39 is 0 Å². The topological polar surface area (TPSA) is 46.6 Å². The van der Waals surface area contributed by atoms with E-state index in [9.17, 15) is 4.79 Å². The maximum absolute atomic E-state index is 12.0. The van der Waals surface area contributed by atoms with Crippen LogP contribution >= 0.6 is 0 Å². The van der Waals surface area contributed by atoms with Gasteiger partial charge in [0.1, 0.15) is 11.3 Å². The lowest BCUT2D eigenvalue weighted by Crippen LogP contribution is -2.25. The fourth-order valence-electron chi connectivity index (χ4n) is 3.23. The molecule has 0 spiro atoms. The summed E-state index contributed by atoms with van der Waals surface area (Å²) in [6.45, 7) is 5.54. The minimum atomic E-state index is -0.278. The number of aryl methyl sites for hydroxylation is 2. The van der Waals surface area contributed by atoms with Crippen molar-refractivity contribution in [2.45, 2.75) is 45.8 Å². The highest BCUT2D eigenvalue weighted by Crippen LogP contribution is 2.31. The molecule has 1 fully saturated rings. The third-order valence-electron chi connectivity index (χ3n) is 4.89.